The van der Waals surface area contributed by atoms with E-state index in [4.69, 9.17) is 9.84 Å². The zero-order valence-corrected chi connectivity index (χ0v) is 13.1. The fraction of sp³-hybridized carbons (Fsp3) is 0.583. The third-order valence-electron chi connectivity index (χ3n) is 2.55. The van der Waals surface area contributed by atoms with Gasteiger partial charge in [-0.3, -0.25) is 0 Å². The molecular formula is C12H19NO5S2. The van der Waals surface area contributed by atoms with Crippen molar-refractivity contribution in [1.82, 2.24) is 4.72 Å². The van der Waals surface area contributed by atoms with Crippen LogP contribution in [0.5, 0.6) is 0 Å². The Morgan fingerprint density at radius 1 is 1.45 bits per heavy atom. The minimum absolute atomic E-state index is 0.0158. The lowest BCUT2D eigenvalue weighted by atomic mass is 10.4. The van der Waals surface area contributed by atoms with Gasteiger partial charge in [-0.25, -0.2) is 17.9 Å². The zero-order chi connectivity index (χ0) is 15.2. The summed E-state index contributed by atoms with van der Waals surface area (Å²) in [6.45, 7) is 4.71. The van der Waals surface area contributed by atoms with E-state index in [1.807, 2.05) is 6.92 Å². The van der Waals surface area contributed by atoms with E-state index in [2.05, 4.69) is 4.72 Å². The third kappa shape index (κ3) is 4.86. The number of sulfonamides is 1. The van der Waals surface area contributed by atoms with Crippen LogP contribution in [0.3, 0.4) is 0 Å². The monoisotopic (exact) mass is 321 g/mol. The van der Waals surface area contributed by atoms with Crippen LogP contribution in [0.1, 0.15) is 34.3 Å². The zero-order valence-electron chi connectivity index (χ0n) is 11.5. The van der Waals surface area contributed by atoms with Crippen molar-refractivity contribution in [3.05, 3.63) is 15.8 Å². The van der Waals surface area contributed by atoms with E-state index in [1.54, 1.807) is 6.92 Å². The average molecular weight is 321 g/mol. The predicted molar refractivity (Wildman–Crippen MR) is 76.9 cm³/mol. The van der Waals surface area contributed by atoms with Gasteiger partial charge in [0, 0.05) is 18.0 Å². The maximum atomic E-state index is 12.0. The molecule has 1 rings (SSSR count). The molecule has 20 heavy (non-hydrogen) atoms. The number of aryl methyl sites for hydroxylation is 1. The normalized spacial score (nSPS) is 11.7. The standard InChI is InChI=1S/C12H19NO5S2/c1-3-4-6-18-7-5-13-20(16,17)11-8-10(12(14)15)19-9(11)2/h8,13H,3-7H2,1-2H3,(H,14,15). The quantitative estimate of drug-likeness (QED) is 0.677. The number of hydrogen-bond acceptors (Lipinski definition) is 5. The van der Waals surface area contributed by atoms with Gasteiger partial charge in [-0.2, -0.15) is 0 Å². The SMILES string of the molecule is CCCCOCCNS(=O)(=O)c1cc(C(=O)O)sc1C. The molecule has 1 heterocycles. The summed E-state index contributed by atoms with van der Waals surface area (Å²) in [7, 11) is -3.68. The van der Waals surface area contributed by atoms with Crippen molar-refractivity contribution in [1.29, 1.82) is 0 Å². The highest BCUT2D eigenvalue weighted by Gasteiger charge is 2.21. The van der Waals surface area contributed by atoms with Crippen molar-refractivity contribution in [3.63, 3.8) is 0 Å². The molecule has 0 fully saturated rings. The first-order chi connectivity index (χ1) is 9.38. The second-order valence-corrected chi connectivity index (χ2v) is 7.19. The Balaban J connectivity index is 2.58. The molecule has 8 heteroatoms. The van der Waals surface area contributed by atoms with Crippen LogP contribution in [0.4, 0.5) is 0 Å². The second kappa shape index (κ2) is 7.72. The fourth-order valence-corrected chi connectivity index (χ4v) is 3.95. The maximum Gasteiger partial charge on any atom is 0.345 e. The van der Waals surface area contributed by atoms with Gasteiger partial charge in [0.15, 0.2) is 0 Å². The van der Waals surface area contributed by atoms with Gasteiger partial charge < -0.3 is 9.84 Å². The molecule has 2 N–H and O–H groups in total. The van der Waals surface area contributed by atoms with Crippen molar-refractivity contribution in [2.75, 3.05) is 19.8 Å². The summed E-state index contributed by atoms with van der Waals surface area (Å²) >= 11 is 0.950. The largest absolute Gasteiger partial charge is 0.477 e. The van der Waals surface area contributed by atoms with Crippen molar-refractivity contribution in [3.8, 4) is 0 Å². The van der Waals surface area contributed by atoms with Crippen molar-refractivity contribution in [2.45, 2.75) is 31.6 Å². The molecule has 114 valence electrons. The fourth-order valence-electron chi connectivity index (χ4n) is 1.51. The van der Waals surface area contributed by atoms with Crippen LogP contribution < -0.4 is 4.72 Å². The van der Waals surface area contributed by atoms with Crippen molar-refractivity contribution >= 4 is 27.3 Å². The lowest BCUT2D eigenvalue weighted by Crippen LogP contribution is -2.27. The molecule has 1 aromatic heterocycles. The van der Waals surface area contributed by atoms with E-state index < -0.39 is 16.0 Å². The van der Waals surface area contributed by atoms with Crippen LogP contribution in [-0.4, -0.2) is 39.3 Å². The Morgan fingerprint density at radius 2 is 2.15 bits per heavy atom. The lowest BCUT2D eigenvalue weighted by Gasteiger charge is -2.06. The van der Waals surface area contributed by atoms with E-state index in [9.17, 15) is 13.2 Å². The molecule has 0 aromatic carbocycles. The average Bonchev–Trinajstić information content (AvgIpc) is 2.77. The number of carbonyl (C=O) groups is 1. The Morgan fingerprint density at radius 3 is 2.70 bits per heavy atom. The summed E-state index contributed by atoms with van der Waals surface area (Å²) in [6.07, 6.45) is 1.97. The third-order valence-corrected chi connectivity index (χ3v) is 5.31. The summed E-state index contributed by atoms with van der Waals surface area (Å²) in [5, 5.41) is 8.86. The number of ether oxygens (including phenoxy) is 1. The molecule has 0 atom stereocenters. The molecule has 0 spiro atoms. The number of thiophene rings is 1. The first-order valence-corrected chi connectivity index (χ1v) is 8.59. The maximum absolute atomic E-state index is 12.0. The molecule has 0 unspecified atom stereocenters. The molecule has 0 amide bonds. The Kier molecular flexibility index (Phi) is 6.60. The first-order valence-electron chi connectivity index (χ1n) is 6.29. The summed E-state index contributed by atoms with van der Waals surface area (Å²) in [5.74, 6) is -1.12. The molecule has 0 aliphatic heterocycles. The molecule has 0 bridgehead atoms. The highest BCUT2D eigenvalue weighted by atomic mass is 32.2. The smallest absolute Gasteiger partial charge is 0.345 e. The van der Waals surface area contributed by atoms with Crippen LogP contribution in [0, 0.1) is 6.92 Å². The number of carboxylic acids is 1. The van der Waals surface area contributed by atoms with Gasteiger partial charge >= 0.3 is 5.97 Å². The first kappa shape index (κ1) is 17.1. The Labute approximate surface area is 122 Å². The Hall–Kier alpha value is -0.960. The minimum Gasteiger partial charge on any atom is -0.477 e. The molecule has 0 saturated carbocycles. The van der Waals surface area contributed by atoms with Crippen LogP contribution >= 0.6 is 11.3 Å². The highest BCUT2D eigenvalue weighted by molar-refractivity contribution is 7.89. The molecule has 0 saturated heterocycles. The van der Waals surface area contributed by atoms with Gasteiger partial charge in [0.1, 0.15) is 4.88 Å². The molecule has 6 nitrogen and oxygen atoms in total. The molecule has 1 aromatic rings. The molecule has 0 aliphatic rings. The number of carboxylic acid groups (broad SMARTS) is 1. The number of unbranched alkanes of at least 4 members (excludes halogenated alkanes) is 1. The highest BCUT2D eigenvalue weighted by Crippen LogP contribution is 2.25. The van der Waals surface area contributed by atoms with Crippen LogP contribution in [0.15, 0.2) is 11.0 Å². The van der Waals surface area contributed by atoms with Crippen molar-refractivity contribution in [2.24, 2.45) is 0 Å². The minimum atomic E-state index is -3.68. The van der Waals surface area contributed by atoms with E-state index in [0.29, 0.717) is 18.1 Å². The number of nitrogens with one attached hydrogen (secondary N) is 1. The molecule has 0 aliphatic carbocycles. The number of rotatable bonds is 9. The topological polar surface area (TPSA) is 92.7 Å². The van der Waals surface area contributed by atoms with E-state index in [-0.39, 0.29) is 16.3 Å². The van der Waals surface area contributed by atoms with Gasteiger partial charge in [0.2, 0.25) is 10.0 Å². The van der Waals surface area contributed by atoms with Gasteiger partial charge in [-0.05, 0) is 19.4 Å². The van der Waals surface area contributed by atoms with Gasteiger partial charge in [0.25, 0.3) is 0 Å². The summed E-state index contributed by atoms with van der Waals surface area (Å²) in [5.41, 5.74) is 0. The summed E-state index contributed by atoms with van der Waals surface area (Å²) in [4.78, 5) is 11.3. The lowest BCUT2D eigenvalue weighted by molar-refractivity contribution is 0.0702. The molecular weight excluding hydrogens is 302 g/mol. The second-order valence-electron chi connectivity index (χ2n) is 4.20. The van der Waals surface area contributed by atoms with Crippen LogP contribution in [-0.2, 0) is 14.8 Å². The van der Waals surface area contributed by atoms with Crippen LogP contribution in [0.2, 0.25) is 0 Å². The van der Waals surface area contributed by atoms with Crippen molar-refractivity contribution < 1.29 is 23.1 Å². The van der Waals surface area contributed by atoms with E-state index in [1.165, 1.54) is 6.07 Å². The number of aromatic carboxylic acids is 1. The predicted octanol–water partition coefficient (Wildman–Crippen LogP) is 1.85. The van der Waals surface area contributed by atoms with Gasteiger partial charge in [-0.15, -0.1) is 11.3 Å². The van der Waals surface area contributed by atoms with Gasteiger partial charge in [0.05, 0.1) is 11.5 Å². The van der Waals surface area contributed by atoms with E-state index in [0.717, 1.165) is 24.2 Å². The summed E-state index contributed by atoms with van der Waals surface area (Å²) in [6, 6.07) is 1.18. The summed E-state index contributed by atoms with van der Waals surface area (Å²) < 4.78 is 31.7. The van der Waals surface area contributed by atoms with E-state index >= 15 is 0 Å². The number of hydrogen-bond donors (Lipinski definition) is 2. The van der Waals surface area contributed by atoms with Crippen LogP contribution in [0.25, 0.3) is 0 Å². The van der Waals surface area contributed by atoms with Gasteiger partial charge in [-0.1, -0.05) is 13.3 Å². The molecule has 0 radical (unpaired) electrons. The Bertz CT molecular complexity index is 550.